The molecule has 6 nitrogen and oxygen atoms in total. The van der Waals surface area contributed by atoms with Crippen molar-refractivity contribution >= 4 is 12.0 Å². The smallest absolute Gasteiger partial charge is 0.410 e. The number of carbonyl (C=O) groups excluding carboxylic acids is 2. The number of aromatic nitrogens is 1. The Hall–Kier alpha value is -2.11. The zero-order valence-corrected chi connectivity index (χ0v) is 9.42. The Labute approximate surface area is 98.6 Å². The van der Waals surface area contributed by atoms with E-state index in [0.29, 0.717) is 18.7 Å². The Morgan fingerprint density at radius 2 is 2.29 bits per heavy atom. The second kappa shape index (κ2) is 4.82. The monoisotopic (exact) mass is 235 g/mol. The molecule has 0 bridgehead atoms. The van der Waals surface area contributed by atoms with Gasteiger partial charge in [0, 0.05) is 25.0 Å². The van der Waals surface area contributed by atoms with Gasteiger partial charge in [-0.2, -0.15) is 0 Å². The largest absolute Gasteiger partial charge is 0.442 e. The van der Waals surface area contributed by atoms with Gasteiger partial charge in [0.25, 0.3) is 5.91 Å². The number of hydrogen-bond donors (Lipinski definition) is 1. The SMILES string of the molecule is CN1CC(CNC(=O)c2ccncc2)OC1=O. The van der Waals surface area contributed by atoms with Crippen LogP contribution in [0.4, 0.5) is 4.79 Å². The summed E-state index contributed by atoms with van der Waals surface area (Å²) in [5.41, 5.74) is 0.540. The molecule has 17 heavy (non-hydrogen) atoms. The first-order valence-electron chi connectivity index (χ1n) is 5.27. The number of ether oxygens (including phenoxy) is 1. The molecule has 1 fully saturated rings. The highest BCUT2D eigenvalue weighted by atomic mass is 16.6. The number of pyridine rings is 1. The molecule has 1 aromatic rings. The van der Waals surface area contributed by atoms with E-state index in [4.69, 9.17) is 4.74 Å². The van der Waals surface area contributed by atoms with Crippen LogP contribution >= 0.6 is 0 Å². The molecule has 1 N–H and O–H groups in total. The summed E-state index contributed by atoms with van der Waals surface area (Å²) in [6.07, 6.45) is 2.47. The zero-order chi connectivity index (χ0) is 12.3. The summed E-state index contributed by atoms with van der Waals surface area (Å²) in [6.45, 7) is 0.812. The molecule has 1 atom stereocenters. The number of likely N-dealkylation sites (N-methyl/N-ethyl adjacent to an activating group) is 1. The second-order valence-corrected chi connectivity index (χ2v) is 3.83. The fraction of sp³-hybridized carbons (Fsp3) is 0.364. The van der Waals surface area contributed by atoms with Gasteiger partial charge >= 0.3 is 6.09 Å². The lowest BCUT2D eigenvalue weighted by Crippen LogP contribution is -2.34. The van der Waals surface area contributed by atoms with Crippen molar-refractivity contribution in [1.29, 1.82) is 0 Å². The van der Waals surface area contributed by atoms with E-state index in [2.05, 4.69) is 10.3 Å². The molecule has 0 aromatic carbocycles. The predicted octanol–water partition coefficient (Wildman–Crippen LogP) is 0.262. The Bertz CT molecular complexity index is 421. The fourth-order valence-corrected chi connectivity index (χ4v) is 1.57. The van der Waals surface area contributed by atoms with E-state index < -0.39 is 0 Å². The molecule has 2 heterocycles. The summed E-state index contributed by atoms with van der Waals surface area (Å²) in [5, 5.41) is 2.71. The number of nitrogens with zero attached hydrogens (tertiary/aromatic N) is 2. The van der Waals surface area contributed by atoms with Crippen LogP contribution in [0, 0.1) is 0 Å². The molecule has 1 saturated heterocycles. The Balaban J connectivity index is 1.83. The van der Waals surface area contributed by atoms with Crippen LogP contribution in [0.5, 0.6) is 0 Å². The third-order valence-corrected chi connectivity index (χ3v) is 2.49. The van der Waals surface area contributed by atoms with Gasteiger partial charge in [0.05, 0.1) is 13.1 Å². The van der Waals surface area contributed by atoms with Crippen LogP contribution in [-0.2, 0) is 4.74 Å². The van der Waals surface area contributed by atoms with Crippen molar-refractivity contribution in [3.63, 3.8) is 0 Å². The first-order chi connectivity index (χ1) is 8.16. The number of amides is 2. The van der Waals surface area contributed by atoms with Gasteiger partial charge in [0.15, 0.2) is 0 Å². The first-order valence-corrected chi connectivity index (χ1v) is 5.27. The number of rotatable bonds is 3. The highest BCUT2D eigenvalue weighted by Gasteiger charge is 2.28. The minimum absolute atomic E-state index is 0.196. The van der Waals surface area contributed by atoms with E-state index in [0.717, 1.165) is 0 Å². The van der Waals surface area contributed by atoms with Crippen molar-refractivity contribution in [2.24, 2.45) is 0 Å². The summed E-state index contributed by atoms with van der Waals surface area (Å²) < 4.78 is 5.02. The molecule has 1 aromatic heterocycles. The second-order valence-electron chi connectivity index (χ2n) is 3.83. The van der Waals surface area contributed by atoms with E-state index in [9.17, 15) is 9.59 Å². The molecule has 6 heteroatoms. The van der Waals surface area contributed by atoms with Gasteiger partial charge in [-0.05, 0) is 12.1 Å². The van der Waals surface area contributed by atoms with Gasteiger partial charge in [0.2, 0.25) is 0 Å². The van der Waals surface area contributed by atoms with Crippen LogP contribution < -0.4 is 5.32 Å². The summed E-state index contributed by atoms with van der Waals surface area (Å²) in [5.74, 6) is -0.196. The van der Waals surface area contributed by atoms with E-state index in [1.807, 2.05) is 0 Å². The lowest BCUT2D eigenvalue weighted by Gasteiger charge is -2.09. The minimum atomic E-state index is -0.354. The summed E-state index contributed by atoms with van der Waals surface area (Å²) in [6, 6.07) is 3.25. The number of nitrogens with one attached hydrogen (secondary N) is 1. The standard InChI is InChI=1S/C11H13N3O3/c1-14-7-9(17-11(14)16)6-13-10(15)8-2-4-12-5-3-8/h2-5,9H,6-7H2,1H3,(H,13,15). The van der Waals surface area contributed by atoms with E-state index >= 15 is 0 Å². The summed E-state index contributed by atoms with van der Waals surface area (Å²) >= 11 is 0. The van der Waals surface area contributed by atoms with Gasteiger partial charge in [0.1, 0.15) is 6.10 Å². The van der Waals surface area contributed by atoms with E-state index in [1.165, 1.54) is 4.90 Å². The van der Waals surface area contributed by atoms with E-state index in [-0.39, 0.29) is 18.1 Å². The molecular formula is C11H13N3O3. The van der Waals surface area contributed by atoms with Crippen LogP contribution in [0.25, 0.3) is 0 Å². The molecule has 1 aliphatic rings. The molecule has 2 amide bonds. The lowest BCUT2D eigenvalue weighted by atomic mass is 10.2. The molecule has 0 spiro atoms. The maximum Gasteiger partial charge on any atom is 0.410 e. The molecule has 90 valence electrons. The average molecular weight is 235 g/mol. The molecule has 0 saturated carbocycles. The van der Waals surface area contributed by atoms with Crippen molar-refractivity contribution in [3.05, 3.63) is 30.1 Å². The first kappa shape index (κ1) is 11.4. The predicted molar refractivity (Wildman–Crippen MR) is 59.5 cm³/mol. The fourth-order valence-electron chi connectivity index (χ4n) is 1.57. The zero-order valence-electron chi connectivity index (χ0n) is 9.42. The molecular weight excluding hydrogens is 222 g/mol. The van der Waals surface area contributed by atoms with Crippen LogP contribution in [0.15, 0.2) is 24.5 Å². The van der Waals surface area contributed by atoms with Gasteiger partial charge < -0.3 is 15.0 Å². The summed E-state index contributed by atoms with van der Waals surface area (Å²) in [4.78, 5) is 28.1. The van der Waals surface area contributed by atoms with Gasteiger partial charge in [-0.15, -0.1) is 0 Å². The van der Waals surface area contributed by atoms with Crippen molar-refractivity contribution in [3.8, 4) is 0 Å². The third-order valence-electron chi connectivity index (χ3n) is 2.49. The van der Waals surface area contributed by atoms with Gasteiger partial charge in [-0.3, -0.25) is 9.78 Å². The minimum Gasteiger partial charge on any atom is -0.442 e. The van der Waals surface area contributed by atoms with Crippen LogP contribution in [0.3, 0.4) is 0 Å². The van der Waals surface area contributed by atoms with Crippen molar-refractivity contribution < 1.29 is 14.3 Å². The highest BCUT2D eigenvalue weighted by Crippen LogP contribution is 2.07. The highest BCUT2D eigenvalue weighted by molar-refractivity contribution is 5.94. The number of cyclic esters (lactones) is 1. The molecule has 2 rings (SSSR count). The normalized spacial score (nSPS) is 19.0. The van der Waals surface area contributed by atoms with Crippen molar-refractivity contribution in [2.75, 3.05) is 20.1 Å². The number of carbonyl (C=O) groups is 2. The number of hydrogen-bond acceptors (Lipinski definition) is 4. The Morgan fingerprint density at radius 3 is 2.88 bits per heavy atom. The third kappa shape index (κ3) is 2.72. The Morgan fingerprint density at radius 1 is 1.59 bits per heavy atom. The topological polar surface area (TPSA) is 71.5 Å². The molecule has 1 unspecified atom stereocenters. The summed E-state index contributed by atoms with van der Waals surface area (Å²) in [7, 11) is 1.66. The lowest BCUT2D eigenvalue weighted by molar-refractivity contribution is 0.0915. The van der Waals surface area contributed by atoms with Crippen molar-refractivity contribution in [1.82, 2.24) is 15.2 Å². The maximum absolute atomic E-state index is 11.7. The average Bonchev–Trinajstić information content (AvgIpc) is 2.67. The quantitative estimate of drug-likeness (QED) is 0.815. The molecule has 1 aliphatic heterocycles. The van der Waals surface area contributed by atoms with Crippen LogP contribution in [-0.4, -0.2) is 48.1 Å². The Kier molecular flexibility index (Phi) is 3.22. The van der Waals surface area contributed by atoms with Gasteiger partial charge in [-0.1, -0.05) is 0 Å². The maximum atomic E-state index is 11.7. The van der Waals surface area contributed by atoms with E-state index in [1.54, 1.807) is 31.6 Å². The van der Waals surface area contributed by atoms with Crippen LogP contribution in [0.1, 0.15) is 10.4 Å². The van der Waals surface area contributed by atoms with Crippen LogP contribution in [0.2, 0.25) is 0 Å². The van der Waals surface area contributed by atoms with Crippen molar-refractivity contribution in [2.45, 2.75) is 6.10 Å². The molecule has 0 radical (unpaired) electrons. The molecule has 0 aliphatic carbocycles. The van der Waals surface area contributed by atoms with Gasteiger partial charge in [-0.25, -0.2) is 4.79 Å².